The molecule has 0 unspecified atom stereocenters. The molecule has 1 amide bonds. The second-order valence-corrected chi connectivity index (χ2v) is 6.04. The van der Waals surface area contributed by atoms with Gasteiger partial charge in [-0.15, -0.1) is 0 Å². The molecule has 0 aliphatic carbocycles. The van der Waals surface area contributed by atoms with E-state index in [-0.39, 0.29) is 18.1 Å². The molecule has 1 heterocycles. The van der Waals surface area contributed by atoms with E-state index >= 15 is 0 Å². The number of anilines is 1. The molecule has 150 valence electrons. The van der Waals surface area contributed by atoms with Crippen molar-refractivity contribution in [2.24, 2.45) is 0 Å². The zero-order chi connectivity index (χ0) is 20.8. The Morgan fingerprint density at radius 2 is 1.97 bits per heavy atom. The Kier molecular flexibility index (Phi) is 6.12. The van der Waals surface area contributed by atoms with Gasteiger partial charge >= 0.3 is 12.4 Å². The van der Waals surface area contributed by atoms with Crippen LogP contribution >= 0.6 is 0 Å². The van der Waals surface area contributed by atoms with Gasteiger partial charge in [0.25, 0.3) is 0 Å². The van der Waals surface area contributed by atoms with E-state index in [1.807, 2.05) is 30.3 Å². The van der Waals surface area contributed by atoms with Crippen LogP contribution in [-0.2, 0) is 17.8 Å². The maximum atomic E-state index is 12.7. The summed E-state index contributed by atoms with van der Waals surface area (Å²) in [5.41, 5.74) is 1.74. The van der Waals surface area contributed by atoms with E-state index in [2.05, 4.69) is 15.2 Å². The summed E-state index contributed by atoms with van der Waals surface area (Å²) in [4.78, 5) is 22.2. The number of halogens is 2. The SMILES string of the molecule is O=C(Cn1ccc([N+](=O)[O-])n1)Nc1ccc(OC(F)F)c(Cc2ccccc2)c1. The minimum atomic E-state index is -2.97. The number of nitrogens with zero attached hydrogens (tertiary/aromatic N) is 3. The van der Waals surface area contributed by atoms with Crippen molar-refractivity contribution in [1.82, 2.24) is 9.78 Å². The molecule has 1 aromatic heterocycles. The van der Waals surface area contributed by atoms with E-state index < -0.39 is 17.4 Å². The summed E-state index contributed by atoms with van der Waals surface area (Å²) in [7, 11) is 0. The standard InChI is InChI=1S/C19H16F2N4O4/c20-19(21)29-16-7-6-15(11-14(16)10-13-4-2-1-3-5-13)22-18(26)12-24-9-8-17(23-24)25(27)28/h1-9,11,19H,10,12H2,(H,22,26). The van der Waals surface area contributed by atoms with Gasteiger partial charge in [-0.2, -0.15) is 13.5 Å². The largest absolute Gasteiger partial charge is 0.435 e. The number of rotatable bonds is 8. The minimum absolute atomic E-state index is 0.0181. The average molecular weight is 402 g/mol. The van der Waals surface area contributed by atoms with Gasteiger partial charge in [-0.3, -0.25) is 4.79 Å². The van der Waals surface area contributed by atoms with E-state index in [9.17, 15) is 23.7 Å². The normalized spacial score (nSPS) is 10.7. The fourth-order valence-electron chi connectivity index (χ4n) is 2.71. The lowest BCUT2D eigenvalue weighted by molar-refractivity contribution is -0.389. The predicted octanol–water partition coefficient (Wildman–Crippen LogP) is 3.62. The lowest BCUT2D eigenvalue weighted by atomic mass is 10.0. The topological polar surface area (TPSA) is 99.3 Å². The first-order valence-corrected chi connectivity index (χ1v) is 8.50. The number of aromatic nitrogens is 2. The lowest BCUT2D eigenvalue weighted by Crippen LogP contribution is -2.19. The number of nitrogens with one attached hydrogen (secondary N) is 1. The molecule has 0 saturated carbocycles. The summed E-state index contributed by atoms with van der Waals surface area (Å²) in [5.74, 6) is -0.822. The molecule has 0 spiro atoms. The third kappa shape index (κ3) is 5.58. The number of hydrogen-bond donors (Lipinski definition) is 1. The molecule has 0 bridgehead atoms. The molecule has 0 fully saturated rings. The minimum Gasteiger partial charge on any atom is -0.435 e. The number of carbonyl (C=O) groups is 1. The molecule has 0 aliphatic heterocycles. The second kappa shape index (κ2) is 8.91. The molecule has 3 rings (SSSR count). The first kappa shape index (κ1) is 19.9. The highest BCUT2D eigenvalue weighted by Crippen LogP contribution is 2.27. The van der Waals surface area contributed by atoms with E-state index in [0.29, 0.717) is 17.7 Å². The Labute approximate surface area is 163 Å². The third-order valence-corrected chi connectivity index (χ3v) is 3.92. The van der Waals surface area contributed by atoms with Gasteiger partial charge in [0.1, 0.15) is 12.3 Å². The highest BCUT2D eigenvalue weighted by Gasteiger charge is 2.15. The first-order chi connectivity index (χ1) is 13.9. The van der Waals surface area contributed by atoms with Crippen molar-refractivity contribution in [3.05, 3.63) is 82.0 Å². The van der Waals surface area contributed by atoms with E-state index in [1.54, 1.807) is 6.07 Å². The van der Waals surface area contributed by atoms with Crippen molar-refractivity contribution in [3.63, 3.8) is 0 Å². The number of alkyl halides is 2. The molecule has 0 aliphatic rings. The average Bonchev–Trinajstić information content (AvgIpc) is 3.13. The number of nitro groups is 1. The maximum Gasteiger partial charge on any atom is 0.389 e. The van der Waals surface area contributed by atoms with E-state index in [4.69, 9.17) is 0 Å². The van der Waals surface area contributed by atoms with Crippen LogP contribution in [-0.4, -0.2) is 27.2 Å². The Balaban J connectivity index is 1.75. The predicted molar refractivity (Wildman–Crippen MR) is 99.8 cm³/mol. The summed E-state index contributed by atoms with van der Waals surface area (Å²) in [6, 6.07) is 14.7. The highest BCUT2D eigenvalue weighted by molar-refractivity contribution is 5.90. The summed E-state index contributed by atoms with van der Waals surface area (Å²) in [5, 5.41) is 16.9. The van der Waals surface area contributed by atoms with Gasteiger partial charge < -0.3 is 20.2 Å². The molecule has 3 aromatic rings. The lowest BCUT2D eigenvalue weighted by Gasteiger charge is -2.13. The molecular formula is C19H16F2N4O4. The fourth-order valence-corrected chi connectivity index (χ4v) is 2.71. The maximum absolute atomic E-state index is 12.7. The van der Waals surface area contributed by atoms with Crippen molar-refractivity contribution < 1.29 is 23.2 Å². The molecule has 2 aromatic carbocycles. The number of benzene rings is 2. The molecule has 29 heavy (non-hydrogen) atoms. The van der Waals surface area contributed by atoms with Crippen LogP contribution in [0.3, 0.4) is 0 Å². The molecule has 0 saturated heterocycles. The Morgan fingerprint density at radius 3 is 2.62 bits per heavy atom. The van der Waals surface area contributed by atoms with Crippen LogP contribution in [0, 0.1) is 10.1 Å². The van der Waals surface area contributed by atoms with Gasteiger partial charge in [0.15, 0.2) is 0 Å². The quantitative estimate of drug-likeness (QED) is 0.458. The van der Waals surface area contributed by atoms with Crippen LogP contribution < -0.4 is 10.1 Å². The summed E-state index contributed by atoms with van der Waals surface area (Å²) < 4.78 is 31.1. The number of ether oxygens (including phenoxy) is 1. The van der Waals surface area contributed by atoms with Crippen LogP contribution in [0.2, 0.25) is 0 Å². The Morgan fingerprint density at radius 1 is 1.21 bits per heavy atom. The molecule has 0 radical (unpaired) electrons. The monoisotopic (exact) mass is 402 g/mol. The van der Waals surface area contributed by atoms with Gasteiger partial charge in [-0.05, 0) is 28.7 Å². The summed E-state index contributed by atoms with van der Waals surface area (Å²) in [6.45, 7) is -3.21. The zero-order valence-electron chi connectivity index (χ0n) is 15.0. The van der Waals surface area contributed by atoms with Gasteiger partial charge in [0.05, 0.1) is 17.4 Å². The van der Waals surface area contributed by atoms with Gasteiger partial charge in [-0.1, -0.05) is 30.3 Å². The molecule has 0 atom stereocenters. The van der Waals surface area contributed by atoms with Gasteiger partial charge in [-0.25, -0.2) is 0 Å². The number of carbonyl (C=O) groups excluding carboxylic acids is 1. The van der Waals surface area contributed by atoms with Crippen LogP contribution in [0.15, 0.2) is 60.8 Å². The molecule has 8 nitrogen and oxygen atoms in total. The third-order valence-electron chi connectivity index (χ3n) is 3.92. The van der Waals surface area contributed by atoms with Gasteiger partial charge in [0, 0.05) is 17.7 Å². The summed E-state index contributed by atoms with van der Waals surface area (Å²) in [6.07, 6.45) is 1.65. The Hall–Kier alpha value is -3.82. The number of hydrogen-bond acceptors (Lipinski definition) is 5. The van der Waals surface area contributed by atoms with Crippen LogP contribution in [0.1, 0.15) is 11.1 Å². The van der Waals surface area contributed by atoms with Gasteiger partial charge in [0.2, 0.25) is 5.91 Å². The molecule has 10 heteroatoms. The molecule has 1 N–H and O–H groups in total. The summed E-state index contributed by atoms with van der Waals surface area (Å²) >= 11 is 0. The van der Waals surface area contributed by atoms with E-state index in [1.165, 1.54) is 24.4 Å². The zero-order valence-corrected chi connectivity index (χ0v) is 15.0. The van der Waals surface area contributed by atoms with Crippen molar-refractivity contribution in [2.45, 2.75) is 19.6 Å². The van der Waals surface area contributed by atoms with Crippen LogP contribution in [0.4, 0.5) is 20.3 Å². The Bertz CT molecular complexity index is 1010. The fraction of sp³-hybridized carbons (Fsp3) is 0.158. The second-order valence-electron chi connectivity index (χ2n) is 6.04. The first-order valence-electron chi connectivity index (χ1n) is 8.50. The van der Waals surface area contributed by atoms with Crippen molar-refractivity contribution in [2.75, 3.05) is 5.32 Å². The van der Waals surface area contributed by atoms with Crippen molar-refractivity contribution >= 4 is 17.4 Å². The van der Waals surface area contributed by atoms with E-state index in [0.717, 1.165) is 10.2 Å². The molecular weight excluding hydrogens is 386 g/mol. The van der Waals surface area contributed by atoms with Crippen LogP contribution in [0.5, 0.6) is 5.75 Å². The highest BCUT2D eigenvalue weighted by atomic mass is 19.3. The smallest absolute Gasteiger partial charge is 0.389 e. The number of amides is 1. The van der Waals surface area contributed by atoms with Crippen LogP contribution in [0.25, 0.3) is 0 Å². The van der Waals surface area contributed by atoms with Crippen molar-refractivity contribution in [1.29, 1.82) is 0 Å². The van der Waals surface area contributed by atoms with Crippen molar-refractivity contribution in [3.8, 4) is 5.75 Å².